The Morgan fingerprint density at radius 1 is 0.700 bits per heavy atom. The molecule has 0 saturated carbocycles. The van der Waals surface area contributed by atoms with Gasteiger partial charge in [-0.3, -0.25) is 0 Å². The topological polar surface area (TPSA) is 0 Å². The third-order valence-corrected chi connectivity index (χ3v) is 3.84. The van der Waals surface area contributed by atoms with E-state index in [2.05, 4.69) is 64.8 Å². The molecule has 0 aliphatic rings. The summed E-state index contributed by atoms with van der Waals surface area (Å²) >= 11 is 0. The van der Waals surface area contributed by atoms with E-state index in [0.29, 0.717) is 11.8 Å². The van der Waals surface area contributed by atoms with Crippen molar-refractivity contribution in [2.75, 3.05) is 0 Å². The smallest absolute Gasteiger partial charge is 0.00928 e. The van der Waals surface area contributed by atoms with Crippen molar-refractivity contribution < 1.29 is 0 Å². The lowest BCUT2D eigenvalue weighted by Crippen LogP contribution is -2.01. The van der Waals surface area contributed by atoms with Crippen molar-refractivity contribution in [1.82, 2.24) is 0 Å². The lowest BCUT2D eigenvalue weighted by atomic mass is 9.87. The standard InChI is InChI=1S/C20H30/c1-5-9-11-17(7-3)19-13-15-20(16-14-19)18(8-4)12-10-6-2/h13-18H,5-10H2,1-4H3. The van der Waals surface area contributed by atoms with Gasteiger partial charge in [0.1, 0.15) is 0 Å². The van der Waals surface area contributed by atoms with Crippen LogP contribution in [0.3, 0.4) is 0 Å². The van der Waals surface area contributed by atoms with Crippen LogP contribution in [-0.2, 0) is 0 Å². The first kappa shape index (κ1) is 17.3. The van der Waals surface area contributed by atoms with Gasteiger partial charge in [-0.2, -0.15) is 0 Å². The second-order valence-electron chi connectivity index (χ2n) is 5.50. The Hall–Kier alpha value is -0.780. The van der Waals surface area contributed by atoms with Gasteiger partial charge in [0.05, 0.1) is 0 Å². The second kappa shape index (κ2) is 10.0. The SMILES string of the molecule is CCC[C]C(CC)c1ccc(C([C]CCC)CC)cc1. The van der Waals surface area contributed by atoms with Gasteiger partial charge in [-0.1, -0.05) is 64.8 Å². The molecule has 0 heterocycles. The molecule has 2 unspecified atom stereocenters. The lowest BCUT2D eigenvalue weighted by Gasteiger charge is -2.18. The molecule has 0 aliphatic carbocycles. The minimum Gasteiger partial charge on any atom is -0.0654 e. The maximum absolute atomic E-state index is 3.62. The van der Waals surface area contributed by atoms with Crippen LogP contribution in [0.2, 0.25) is 0 Å². The van der Waals surface area contributed by atoms with E-state index < -0.39 is 0 Å². The second-order valence-corrected chi connectivity index (χ2v) is 5.50. The van der Waals surface area contributed by atoms with Gasteiger partial charge in [0.15, 0.2) is 0 Å². The molecule has 0 amide bonds. The summed E-state index contributed by atoms with van der Waals surface area (Å²) in [5.41, 5.74) is 2.82. The van der Waals surface area contributed by atoms with E-state index in [0.717, 1.165) is 25.7 Å². The summed E-state index contributed by atoms with van der Waals surface area (Å²) < 4.78 is 0. The van der Waals surface area contributed by atoms with Crippen molar-refractivity contribution in [3.05, 3.63) is 48.2 Å². The van der Waals surface area contributed by atoms with E-state index in [1.807, 2.05) is 0 Å². The molecule has 0 N–H and O–H groups in total. The zero-order valence-electron chi connectivity index (χ0n) is 13.7. The van der Waals surface area contributed by atoms with E-state index in [9.17, 15) is 0 Å². The molecule has 0 fully saturated rings. The Morgan fingerprint density at radius 2 is 1.05 bits per heavy atom. The van der Waals surface area contributed by atoms with Crippen LogP contribution < -0.4 is 0 Å². The Kier molecular flexibility index (Phi) is 8.65. The number of rotatable bonds is 10. The van der Waals surface area contributed by atoms with Crippen molar-refractivity contribution in [3.8, 4) is 0 Å². The first-order valence-corrected chi connectivity index (χ1v) is 8.33. The number of hydrogen-bond acceptors (Lipinski definition) is 0. The quantitative estimate of drug-likeness (QED) is 0.459. The Morgan fingerprint density at radius 3 is 1.30 bits per heavy atom. The maximum Gasteiger partial charge on any atom is -0.00928 e. The molecular formula is C20H30. The summed E-state index contributed by atoms with van der Waals surface area (Å²) in [7, 11) is 0. The van der Waals surface area contributed by atoms with Gasteiger partial charge in [-0.05, 0) is 61.5 Å². The summed E-state index contributed by atoms with van der Waals surface area (Å²) in [5, 5.41) is 0. The molecule has 110 valence electrons. The first-order chi connectivity index (χ1) is 9.76. The molecule has 1 aromatic carbocycles. The van der Waals surface area contributed by atoms with Crippen molar-refractivity contribution in [2.24, 2.45) is 0 Å². The molecule has 0 heteroatoms. The Labute approximate surface area is 127 Å². The lowest BCUT2D eigenvalue weighted by molar-refractivity contribution is 0.687. The summed E-state index contributed by atoms with van der Waals surface area (Å²) in [6.07, 6.45) is 14.1. The van der Waals surface area contributed by atoms with Gasteiger partial charge < -0.3 is 0 Å². The van der Waals surface area contributed by atoms with Crippen LogP contribution in [0.1, 0.15) is 89.2 Å². The predicted molar refractivity (Wildman–Crippen MR) is 88.8 cm³/mol. The van der Waals surface area contributed by atoms with E-state index in [-0.39, 0.29) is 0 Å². The van der Waals surface area contributed by atoms with Crippen LogP contribution >= 0.6 is 0 Å². The fourth-order valence-electron chi connectivity index (χ4n) is 2.59. The van der Waals surface area contributed by atoms with Crippen LogP contribution in [0, 0.1) is 12.8 Å². The largest absolute Gasteiger partial charge is 0.0654 e. The van der Waals surface area contributed by atoms with Gasteiger partial charge in [0, 0.05) is 0 Å². The maximum atomic E-state index is 3.62. The molecule has 0 bridgehead atoms. The molecule has 0 aliphatic heterocycles. The summed E-state index contributed by atoms with van der Waals surface area (Å²) in [6.45, 7) is 8.93. The number of benzene rings is 1. The average molecular weight is 270 g/mol. The molecule has 0 saturated heterocycles. The van der Waals surface area contributed by atoms with E-state index in [4.69, 9.17) is 0 Å². The normalized spacial score (nSPS) is 14.2. The summed E-state index contributed by atoms with van der Waals surface area (Å²) in [5.74, 6) is 0.986. The zero-order valence-corrected chi connectivity index (χ0v) is 13.7. The van der Waals surface area contributed by atoms with Crippen LogP contribution in [0.5, 0.6) is 0 Å². The van der Waals surface area contributed by atoms with Crippen molar-refractivity contribution in [2.45, 2.75) is 78.1 Å². The molecule has 1 rings (SSSR count). The van der Waals surface area contributed by atoms with Crippen LogP contribution in [0.4, 0.5) is 0 Å². The highest BCUT2D eigenvalue weighted by Crippen LogP contribution is 2.29. The van der Waals surface area contributed by atoms with Crippen molar-refractivity contribution in [1.29, 1.82) is 0 Å². The highest BCUT2D eigenvalue weighted by atomic mass is 14.2. The van der Waals surface area contributed by atoms with E-state index >= 15 is 0 Å². The van der Waals surface area contributed by atoms with Crippen LogP contribution in [0.15, 0.2) is 24.3 Å². The van der Waals surface area contributed by atoms with Gasteiger partial charge in [0.25, 0.3) is 0 Å². The minimum absolute atomic E-state index is 0.493. The van der Waals surface area contributed by atoms with Crippen LogP contribution in [-0.4, -0.2) is 0 Å². The molecule has 0 aromatic heterocycles. The number of hydrogen-bond donors (Lipinski definition) is 0. The van der Waals surface area contributed by atoms with E-state index in [1.54, 1.807) is 0 Å². The monoisotopic (exact) mass is 270 g/mol. The van der Waals surface area contributed by atoms with E-state index in [1.165, 1.54) is 24.0 Å². The highest BCUT2D eigenvalue weighted by molar-refractivity contribution is 5.30. The molecule has 4 radical (unpaired) electrons. The number of unbranched alkanes of at least 4 members (excludes halogenated alkanes) is 2. The summed E-state index contributed by atoms with van der Waals surface area (Å²) in [4.78, 5) is 0. The van der Waals surface area contributed by atoms with Gasteiger partial charge in [-0.15, -0.1) is 0 Å². The van der Waals surface area contributed by atoms with Crippen molar-refractivity contribution in [3.63, 3.8) is 0 Å². The molecule has 1 aromatic rings. The van der Waals surface area contributed by atoms with Gasteiger partial charge in [-0.25, -0.2) is 0 Å². The molecular weight excluding hydrogens is 240 g/mol. The summed E-state index contributed by atoms with van der Waals surface area (Å²) in [6, 6.07) is 9.18. The molecule has 0 spiro atoms. The van der Waals surface area contributed by atoms with Crippen molar-refractivity contribution >= 4 is 0 Å². The fraction of sp³-hybridized carbons (Fsp3) is 0.600. The first-order valence-electron chi connectivity index (χ1n) is 8.33. The third kappa shape index (κ3) is 5.31. The molecule has 0 nitrogen and oxygen atoms in total. The van der Waals surface area contributed by atoms with Crippen LogP contribution in [0.25, 0.3) is 0 Å². The zero-order chi connectivity index (χ0) is 14.8. The highest BCUT2D eigenvalue weighted by Gasteiger charge is 2.12. The Bertz CT molecular complexity index is 301. The Balaban J connectivity index is 2.70. The minimum atomic E-state index is 0.493. The van der Waals surface area contributed by atoms with Gasteiger partial charge >= 0.3 is 0 Å². The fourth-order valence-corrected chi connectivity index (χ4v) is 2.59. The predicted octanol–water partition coefficient (Wildman–Crippen LogP) is 6.44. The molecule has 2 atom stereocenters. The third-order valence-electron chi connectivity index (χ3n) is 3.84. The average Bonchev–Trinajstić information content (AvgIpc) is 2.50. The molecule has 20 heavy (non-hydrogen) atoms. The van der Waals surface area contributed by atoms with Gasteiger partial charge in [0.2, 0.25) is 0 Å².